The third-order valence-corrected chi connectivity index (χ3v) is 4.40. The minimum Gasteiger partial charge on any atom is -0.420 e. The molecule has 0 radical (unpaired) electrons. The van der Waals surface area contributed by atoms with Gasteiger partial charge in [-0.2, -0.15) is 10.4 Å². The van der Waals surface area contributed by atoms with Crippen LogP contribution in [-0.4, -0.2) is 20.0 Å². The van der Waals surface area contributed by atoms with Crippen molar-refractivity contribution in [1.29, 1.82) is 5.26 Å². The molecule has 7 nitrogen and oxygen atoms in total. The van der Waals surface area contributed by atoms with E-state index in [2.05, 4.69) is 35.2 Å². The van der Waals surface area contributed by atoms with Crippen LogP contribution in [0.4, 0.5) is 0 Å². The molecule has 0 saturated carbocycles. The number of nitrogens with one attached hydrogen (secondary N) is 1. The smallest absolute Gasteiger partial charge is 0.244 e. The topological polar surface area (TPSA) is 106 Å². The molecule has 7 heteroatoms. The Hall–Kier alpha value is -2.75. The Kier molecular flexibility index (Phi) is 3.40. The first kappa shape index (κ1) is 15.2. The molecule has 2 aromatic heterocycles. The van der Waals surface area contributed by atoms with Crippen molar-refractivity contribution in [3.8, 4) is 11.9 Å². The fourth-order valence-corrected chi connectivity index (χ4v) is 3.21. The first-order chi connectivity index (χ1) is 10.9. The number of aromatic amines is 1. The first-order valence-corrected chi connectivity index (χ1v) is 7.52. The van der Waals surface area contributed by atoms with Gasteiger partial charge in [0.2, 0.25) is 11.8 Å². The van der Waals surface area contributed by atoms with Gasteiger partial charge < -0.3 is 10.5 Å². The number of nitrogens with two attached hydrogens (primary N) is 1. The molecule has 1 aliphatic rings. The number of rotatable bonds is 2. The van der Waals surface area contributed by atoms with Crippen LogP contribution >= 0.6 is 0 Å². The van der Waals surface area contributed by atoms with Crippen molar-refractivity contribution in [2.24, 2.45) is 12.8 Å². The molecule has 1 unspecified atom stereocenters. The van der Waals surface area contributed by atoms with Gasteiger partial charge in [0, 0.05) is 24.0 Å². The second kappa shape index (κ2) is 5.16. The minimum atomic E-state index is -0.311. The van der Waals surface area contributed by atoms with E-state index >= 15 is 0 Å². The van der Waals surface area contributed by atoms with Crippen molar-refractivity contribution in [2.75, 3.05) is 0 Å². The molecule has 0 fully saturated rings. The van der Waals surface area contributed by atoms with Crippen molar-refractivity contribution in [1.82, 2.24) is 20.0 Å². The van der Waals surface area contributed by atoms with Gasteiger partial charge >= 0.3 is 0 Å². The minimum absolute atomic E-state index is 0.106. The van der Waals surface area contributed by atoms with Crippen LogP contribution in [-0.2, 0) is 7.05 Å². The number of nitrogens with zero attached hydrogens (tertiary/aromatic N) is 4. The molecule has 0 amide bonds. The monoisotopic (exact) mass is 312 g/mol. The highest BCUT2D eigenvalue weighted by atomic mass is 16.5. The van der Waals surface area contributed by atoms with Gasteiger partial charge in [-0.1, -0.05) is 13.8 Å². The quantitative estimate of drug-likeness (QED) is 0.883. The van der Waals surface area contributed by atoms with E-state index in [9.17, 15) is 5.26 Å². The lowest BCUT2D eigenvalue weighted by Gasteiger charge is -2.25. The fraction of sp³-hybridized carbons (Fsp3) is 0.438. The summed E-state index contributed by atoms with van der Waals surface area (Å²) in [7, 11) is 1.89. The molecule has 3 heterocycles. The molecule has 0 aromatic carbocycles. The predicted molar refractivity (Wildman–Crippen MR) is 84.7 cm³/mol. The van der Waals surface area contributed by atoms with E-state index in [-0.39, 0.29) is 17.7 Å². The zero-order valence-electron chi connectivity index (χ0n) is 13.9. The highest BCUT2D eigenvalue weighted by Gasteiger charge is 2.38. The number of aryl methyl sites for hydroxylation is 2. The van der Waals surface area contributed by atoms with Gasteiger partial charge in [0.05, 0.1) is 17.2 Å². The van der Waals surface area contributed by atoms with E-state index in [0.717, 1.165) is 28.2 Å². The van der Waals surface area contributed by atoms with Crippen LogP contribution < -0.4 is 10.5 Å². The third kappa shape index (κ3) is 2.10. The van der Waals surface area contributed by atoms with Crippen LogP contribution in [0.1, 0.15) is 53.9 Å². The normalized spacial score (nSPS) is 17.2. The second-order valence-corrected chi connectivity index (χ2v) is 6.14. The van der Waals surface area contributed by atoms with E-state index in [1.807, 2.05) is 25.6 Å². The maximum absolute atomic E-state index is 9.65. The van der Waals surface area contributed by atoms with Gasteiger partial charge in [-0.05, 0) is 19.8 Å². The highest BCUT2D eigenvalue weighted by Crippen LogP contribution is 2.45. The summed E-state index contributed by atoms with van der Waals surface area (Å²) in [6, 6.07) is 2.21. The van der Waals surface area contributed by atoms with Gasteiger partial charge in [0.1, 0.15) is 11.6 Å². The molecule has 23 heavy (non-hydrogen) atoms. The number of H-pyrrole nitrogens is 1. The van der Waals surface area contributed by atoms with Crippen molar-refractivity contribution < 1.29 is 4.74 Å². The zero-order valence-corrected chi connectivity index (χ0v) is 13.9. The standard InChI is InChI=1S/C16H20N6O/c1-7(2)14-13-12(11-8(3)21-22(5)9(11)4)10(6-17)15(18)23-16(13)20-19-14/h7,12H,18H2,1-5H3,(H,19,20). The van der Waals surface area contributed by atoms with Gasteiger partial charge in [0.15, 0.2) is 0 Å². The summed E-state index contributed by atoms with van der Waals surface area (Å²) >= 11 is 0. The summed E-state index contributed by atoms with van der Waals surface area (Å²) in [6.07, 6.45) is 0. The average Bonchev–Trinajstić information content (AvgIpc) is 3.00. The van der Waals surface area contributed by atoms with Crippen LogP contribution in [0.5, 0.6) is 5.88 Å². The molecule has 0 aliphatic carbocycles. The Balaban J connectivity index is 2.33. The molecule has 3 N–H and O–H groups in total. The number of fused-ring (bicyclic) bond motifs is 1. The Morgan fingerprint density at radius 3 is 2.57 bits per heavy atom. The molecule has 0 bridgehead atoms. The van der Waals surface area contributed by atoms with Crippen molar-refractivity contribution >= 4 is 0 Å². The van der Waals surface area contributed by atoms with Crippen LogP contribution in [0.25, 0.3) is 0 Å². The van der Waals surface area contributed by atoms with Crippen LogP contribution in [0.15, 0.2) is 11.5 Å². The van der Waals surface area contributed by atoms with Crippen molar-refractivity contribution in [2.45, 2.75) is 39.5 Å². The lowest BCUT2D eigenvalue weighted by atomic mass is 9.81. The Morgan fingerprint density at radius 2 is 2.04 bits per heavy atom. The average molecular weight is 312 g/mol. The highest BCUT2D eigenvalue weighted by molar-refractivity contribution is 5.57. The number of aromatic nitrogens is 4. The fourth-order valence-electron chi connectivity index (χ4n) is 3.21. The number of ether oxygens (including phenoxy) is 1. The second-order valence-electron chi connectivity index (χ2n) is 6.14. The lowest BCUT2D eigenvalue weighted by molar-refractivity contribution is 0.378. The van der Waals surface area contributed by atoms with Gasteiger partial charge in [0.25, 0.3) is 0 Å². The van der Waals surface area contributed by atoms with Crippen molar-refractivity contribution in [3.63, 3.8) is 0 Å². The summed E-state index contributed by atoms with van der Waals surface area (Å²) in [5.41, 5.74) is 11.1. The maximum atomic E-state index is 9.65. The third-order valence-electron chi connectivity index (χ3n) is 4.40. The molecule has 0 spiro atoms. The predicted octanol–water partition coefficient (Wildman–Crippen LogP) is 2.10. The van der Waals surface area contributed by atoms with E-state index in [0.29, 0.717) is 11.5 Å². The molecule has 1 aliphatic heterocycles. The van der Waals surface area contributed by atoms with E-state index < -0.39 is 0 Å². The molecule has 120 valence electrons. The molecule has 0 saturated heterocycles. The maximum Gasteiger partial charge on any atom is 0.244 e. The molecule has 1 atom stereocenters. The van der Waals surface area contributed by atoms with Gasteiger partial charge in [-0.15, -0.1) is 5.10 Å². The van der Waals surface area contributed by atoms with Crippen molar-refractivity contribution in [3.05, 3.63) is 39.7 Å². The molecular weight excluding hydrogens is 292 g/mol. The number of hydrogen-bond acceptors (Lipinski definition) is 5. The number of hydrogen-bond donors (Lipinski definition) is 2. The molecule has 3 rings (SSSR count). The molecular formula is C16H20N6O. The van der Waals surface area contributed by atoms with Gasteiger partial charge in [-0.25, -0.2) is 0 Å². The summed E-state index contributed by atoms with van der Waals surface area (Å²) in [6.45, 7) is 8.08. The van der Waals surface area contributed by atoms with E-state index in [1.165, 1.54) is 0 Å². The Labute approximate surface area is 134 Å². The first-order valence-electron chi connectivity index (χ1n) is 7.52. The summed E-state index contributed by atoms with van der Waals surface area (Å²) in [5.74, 6) is 0.454. The Bertz CT molecular complexity index is 849. The number of allylic oxidation sites excluding steroid dienone is 1. The Morgan fingerprint density at radius 1 is 1.35 bits per heavy atom. The van der Waals surface area contributed by atoms with Gasteiger partial charge in [-0.3, -0.25) is 9.78 Å². The number of nitriles is 1. The van der Waals surface area contributed by atoms with Crippen LogP contribution in [0.2, 0.25) is 0 Å². The lowest BCUT2D eigenvalue weighted by Crippen LogP contribution is -2.22. The summed E-state index contributed by atoms with van der Waals surface area (Å²) in [5, 5.41) is 21.4. The SMILES string of the molecule is Cc1nn(C)c(C)c1C1C(C#N)=C(N)Oc2n[nH]c(C(C)C)c21. The van der Waals surface area contributed by atoms with Crippen LogP contribution in [0.3, 0.4) is 0 Å². The van der Waals surface area contributed by atoms with E-state index in [4.69, 9.17) is 10.5 Å². The summed E-state index contributed by atoms with van der Waals surface area (Å²) < 4.78 is 7.39. The molecule has 2 aromatic rings. The van der Waals surface area contributed by atoms with E-state index in [1.54, 1.807) is 0 Å². The largest absolute Gasteiger partial charge is 0.420 e. The van der Waals surface area contributed by atoms with Crippen LogP contribution in [0, 0.1) is 25.2 Å². The zero-order chi connectivity index (χ0) is 16.9. The summed E-state index contributed by atoms with van der Waals surface area (Å²) in [4.78, 5) is 0.